The first-order chi connectivity index (χ1) is 10.0. The lowest BCUT2D eigenvalue weighted by Gasteiger charge is -2.14. The third-order valence-corrected chi connectivity index (χ3v) is 3.11. The van der Waals surface area contributed by atoms with Crippen molar-refractivity contribution in [3.8, 4) is 0 Å². The van der Waals surface area contributed by atoms with E-state index in [0.29, 0.717) is 24.7 Å². The van der Waals surface area contributed by atoms with Crippen LogP contribution in [0.2, 0.25) is 5.02 Å². The number of rotatable bonds is 8. The van der Waals surface area contributed by atoms with E-state index in [4.69, 9.17) is 11.6 Å². The highest BCUT2D eigenvalue weighted by Crippen LogP contribution is 2.09. The quantitative estimate of drug-likeness (QED) is 0.632. The van der Waals surface area contributed by atoms with Gasteiger partial charge in [-0.1, -0.05) is 30.7 Å². The first-order valence-corrected chi connectivity index (χ1v) is 7.48. The van der Waals surface area contributed by atoms with Crippen LogP contribution in [0.5, 0.6) is 0 Å². The van der Waals surface area contributed by atoms with Gasteiger partial charge in [-0.05, 0) is 18.6 Å². The van der Waals surface area contributed by atoms with Gasteiger partial charge in [0.05, 0.1) is 13.6 Å². The standard InChI is InChI=1S/C15H22ClN3O2/c1-3-7-17-14(20)9-18-15(21)11-19(2)10-12-5-4-6-13(16)8-12/h4-6,8H,3,7,9-11H2,1-2H3,(H,17,20)(H,18,21)/p+1. The Bertz CT molecular complexity index is 480. The van der Waals surface area contributed by atoms with Crippen molar-refractivity contribution in [2.24, 2.45) is 0 Å². The van der Waals surface area contributed by atoms with Crippen LogP contribution in [0, 0.1) is 0 Å². The van der Waals surface area contributed by atoms with E-state index in [0.717, 1.165) is 16.9 Å². The van der Waals surface area contributed by atoms with Gasteiger partial charge in [-0.25, -0.2) is 0 Å². The number of amides is 2. The fourth-order valence-corrected chi connectivity index (χ4v) is 2.11. The molecule has 0 fully saturated rings. The lowest BCUT2D eigenvalue weighted by Crippen LogP contribution is -3.08. The predicted octanol–water partition coefficient (Wildman–Crippen LogP) is -0.00290. The second kappa shape index (κ2) is 9.37. The van der Waals surface area contributed by atoms with Crippen LogP contribution in [0.4, 0.5) is 0 Å². The molecule has 6 heteroatoms. The van der Waals surface area contributed by atoms with E-state index in [1.807, 2.05) is 38.2 Å². The number of benzene rings is 1. The Morgan fingerprint density at radius 1 is 1.24 bits per heavy atom. The summed E-state index contributed by atoms with van der Waals surface area (Å²) >= 11 is 5.93. The van der Waals surface area contributed by atoms with Crippen molar-refractivity contribution in [2.75, 3.05) is 26.7 Å². The summed E-state index contributed by atoms with van der Waals surface area (Å²) in [5, 5.41) is 6.03. The molecule has 0 saturated carbocycles. The number of carbonyl (C=O) groups excluding carboxylic acids is 2. The summed E-state index contributed by atoms with van der Waals surface area (Å²) in [5.74, 6) is -0.293. The van der Waals surface area contributed by atoms with Crippen LogP contribution in [0.3, 0.4) is 0 Å². The molecule has 0 spiro atoms. The number of hydrogen-bond acceptors (Lipinski definition) is 2. The Hall–Kier alpha value is -1.59. The Morgan fingerprint density at radius 2 is 2.00 bits per heavy atom. The van der Waals surface area contributed by atoms with Gasteiger partial charge in [0.15, 0.2) is 6.54 Å². The zero-order valence-corrected chi connectivity index (χ0v) is 13.3. The molecule has 0 aliphatic heterocycles. The second-order valence-corrected chi connectivity index (χ2v) is 5.50. The molecule has 2 amide bonds. The van der Waals surface area contributed by atoms with E-state index in [-0.39, 0.29) is 18.4 Å². The number of quaternary nitrogens is 1. The first kappa shape index (κ1) is 17.5. The van der Waals surface area contributed by atoms with Crippen LogP contribution in [0.15, 0.2) is 24.3 Å². The van der Waals surface area contributed by atoms with Gasteiger partial charge in [0, 0.05) is 17.1 Å². The molecule has 1 aromatic carbocycles. The molecule has 21 heavy (non-hydrogen) atoms. The highest BCUT2D eigenvalue weighted by atomic mass is 35.5. The molecular formula is C15H23ClN3O2+. The smallest absolute Gasteiger partial charge is 0.275 e. The van der Waals surface area contributed by atoms with Gasteiger partial charge in [-0.15, -0.1) is 0 Å². The lowest BCUT2D eigenvalue weighted by atomic mass is 10.2. The highest BCUT2D eigenvalue weighted by molar-refractivity contribution is 6.30. The van der Waals surface area contributed by atoms with Crippen molar-refractivity contribution >= 4 is 23.4 Å². The van der Waals surface area contributed by atoms with E-state index in [1.54, 1.807) is 0 Å². The van der Waals surface area contributed by atoms with Crippen molar-refractivity contribution < 1.29 is 14.5 Å². The minimum Gasteiger partial charge on any atom is -0.355 e. The molecule has 0 heterocycles. The van der Waals surface area contributed by atoms with E-state index in [2.05, 4.69) is 10.6 Å². The van der Waals surface area contributed by atoms with Gasteiger partial charge >= 0.3 is 0 Å². The summed E-state index contributed by atoms with van der Waals surface area (Å²) in [5.41, 5.74) is 1.08. The summed E-state index contributed by atoms with van der Waals surface area (Å²) < 4.78 is 0. The zero-order valence-electron chi connectivity index (χ0n) is 12.5. The number of nitrogens with one attached hydrogen (secondary N) is 3. The first-order valence-electron chi connectivity index (χ1n) is 7.10. The maximum Gasteiger partial charge on any atom is 0.275 e. The average molecular weight is 313 g/mol. The Morgan fingerprint density at radius 3 is 2.67 bits per heavy atom. The molecular weight excluding hydrogens is 290 g/mol. The predicted molar refractivity (Wildman–Crippen MR) is 83.2 cm³/mol. The second-order valence-electron chi connectivity index (χ2n) is 5.07. The number of carbonyl (C=O) groups is 2. The van der Waals surface area contributed by atoms with Gasteiger partial charge in [0.1, 0.15) is 6.54 Å². The number of likely N-dealkylation sites (N-methyl/N-ethyl adjacent to an activating group) is 1. The van der Waals surface area contributed by atoms with Gasteiger partial charge < -0.3 is 15.5 Å². The third-order valence-electron chi connectivity index (χ3n) is 2.88. The topological polar surface area (TPSA) is 62.6 Å². The molecule has 1 unspecified atom stereocenters. The van der Waals surface area contributed by atoms with E-state index in [1.165, 1.54) is 0 Å². The minimum absolute atomic E-state index is 0.0310. The third kappa shape index (κ3) is 7.68. The Kier molecular flexibility index (Phi) is 7.79. The van der Waals surface area contributed by atoms with Gasteiger partial charge in [-0.3, -0.25) is 9.59 Å². The van der Waals surface area contributed by atoms with Crippen molar-refractivity contribution in [1.29, 1.82) is 0 Å². The zero-order chi connectivity index (χ0) is 15.7. The van der Waals surface area contributed by atoms with Crippen molar-refractivity contribution in [2.45, 2.75) is 19.9 Å². The van der Waals surface area contributed by atoms with Gasteiger partial charge in [0.25, 0.3) is 5.91 Å². The summed E-state index contributed by atoms with van der Waals surface area (Å²) in [6.07, 6.45) is 0.881. The van der Waals surface area contributed by atoms with Crippen molar-refractivity contribution in [1.82, 2.24) is 10.6 Å². The molecule has 0 bridgehead atoms. The molecule has 0 aliphatic carbocycles. The van der Waals surface area contributed by atoms with Crippen molar-refractivity contribution in [3.05, 3.63) is 34.9 Å². The van der Waals surface area contributed by atoms with Crippen LogP contribution < -0.4 is 15.5 Å². The summed E-state index contributed by atoms with van der Waals surface area (Å²) in [6, 6.07) is 7.58. The molecule has 1 rings (SSSR count). The molecule has 5 nitrogen and oxygen atoms in total. The molecule has 3 N–H and O–H groups in total. The van der Waals surface area contributed by atoms with E-state index in [9.17, 15) is 9.59 Å². The largest absolute Gasteiger partial charge is 0.355 e. The molecule has 0 aliphatic rings. The SMILES string of the molecule is CCCNC(=O)CNC(=O)C[NH+](C)Cc1cccc(Cl)c1. The summed E-state index contributed by atoms with van der Waals surface area (Å²) in [6.45, 7) is 3.66. The average Bonchev–Trinajstić information content (AvgIpc) is 2.42. The fourth-order valence-electron chi connectivity index (χ4n) is 1.90. The molecule has 0 radical (unpaired) electrons. The molecule has 0 aromatic heterocycles. The van der Waals surface area contributed by atoms with Crippen LogP contribution in [-0.4, -0.2) is 38.5 Å². The van der Waals surface area contributed by atoms with Crippen LogP contribution in [-0.2, 0) is 16.1 Å². The maximum atomic E-state index is 11.8. The van der Waals surface area contributed by atoms with E-state index >= 15 is 0 Å². The monoisotopic (exact) mass is 312 g/mol. The minimum atomic E-state index is -0.155. The number of halogens is 1. The summed E-state index contributed by atoms with van der Waals surface area (Å²) in [7, 11) is 1.93. The maximum absolute atomic E-state index is 11.8. The van der Waals surface area contributed by atoms with E-state index < -0.39 is 0 Å². The fraction of sp³-hybridized carbons (Fsp3) is 0.467. The van der Waals surface area contributed by atoms with Gasteiger partial charge in [0.2, 0.25) is 5.91 Å². The Labute approximate surface area is 130 Å². The van der Waals surface area contributed by atoms with Crippen LogP contribution >= 0.6 is 11.6 Å². The normalized spacial score (nSPS) is 11.8. The van der Waals surface area contributed by atoms with Crippen LogP contribution in [0.1, 0.15) is 18.9 Å². The lowest BCUT2D eigenvalue weighted by molar-refractivity contribution is -0.885. The number of hydrogen-bond donors (Lipinski definition) is 3. The molecule has 1 atom stereocenters. The molecule has 1 aromatic rings. The Balaban J connectivity index is 2.29. The molecule has 0 saturated heterocycles. The van der Waals surface area contributed by atoms with Crippen molar-refractivity contribution in [3.63, 3.8) is 0 Å². The van der Waals surface area contributed by atoms with Gasteiger partial charge in [-0.2, -0.15) is 0 Å². The summed E-state index contributed by atoms with van der Waals surface area (Å²) in [4.78, 5) is 24.2. The van der Waals surface area contributed by atoms with Crippen LogP contribution in [0.25, 0.3) is 0 Å². The molecule has 116 valence electrons. The highest BCUT2D eigenvalue weighted by Gasteiger charge is 2.11.